The van der Waals surface area contributed by atoms with Crippen molar-refractivity contribution in [2.24, 2.45) is 0 Å². The number of hydrogen-bond donors (Lipinski definition) is 1. The fourth-order valence-corrected chi connectivity index (χ4v) is 2.80. The molecule has 0 bridgehead atoms. The summed E-state index contributed by atoms with van der Waals surface area (Å²) in [6.07, 6.45) is 2.82. The van der Waals surface area contributed by atoms with E-state index in [2.05, 4.69) is 41.3 Å². The van der Waals surface area contributed by atoms with Gasteiger partial charge in [0.1, 0.15) is 5.75 Å². The minimum absolute atomic E-state index is 0.843. The van der Waals surface area contributed by atoms with Gasteiger partial charge in [0.15, 0.2) is 0 Å². The SMILES string of the molecule is C=CCNCCc1nc(-c2ccc(OC)c(C)c2)cs1. The van der Waals surface area contributed by atoms with Crippen LogP contribution in [-0.4, -0.2) is 25.2 Å². The maximum Gasteiger partial charge on any atom is 0.121 e. The van der Waals surface area contributed by atoms with Crippen LogP contribution in [0.4, 0.5) is 0 Å². The molecule has 2 aromatic rings. The highest BCUT2D eigenvalue weighted by Gasteiger charge is 2.06. The minimum atomic E-state index is 0.843. The van der Waals surface area contributed by atoms with Crippen LogP contribution in [0.3, 0.4) is 0 Å². The average Bonchev–Trinajstić information content (AvgIpc) is 2.92. The number of nitrogens with zero attached hydrogens (tertiary/aromatic N) is 1. The van der Waals surface area contributed by atoms with Gasteiger partial charge in [-0.3, -0.25) is 0 Å². The van der Waals surface area contributed by atoms with Crippen molar-refractivity contribution in [2.75, 3.05) is 20.2 Å². The van der Waals surface area contributed by atoms with Crippen LogP contribution in [0.2, 0.25) is 0 Å². The van der Waals surface area contributed by atoms with Crippen molar-refractivity contribution in [3.63, 3.8) is 0 Å². The second kappa shape index (κ2) is 7.22. The van der Waals surface area contributed by atoms with E-state index in [0.717, 1.165) is 47.1 Å². The van der Waals surface area contributed by atoms with Gasteiger partial charge in [-0.1, -0.05) is 6.08 Å². The first-order chi connectivity index (χ1) is 9.74. The first-order valence-corrected chi connectivity index (χ1v) is 7.53. The van der Waals surface area contributed by atoms with Gasteiger partial charge in [0, 0.05) is 30.5 Å². The molecule has 0 aliphatic heterocycles. The van der Waals surface area contributed by atoms with E-state index < -0.39 is 0 Å². The van der Waals surface area contributed by atoms with Gasteiger partial charge in [-0.05, 0) is 30.7 Å². The maximum atomic E-state index is 5.28. The second-order valence-electron chi connectivity index (χ2n) is 4.55. The van der Waals surface area contributed by atoms with Crippen molar-refractivity contribution >= 4 is 11.3 Å². The molecule has 0 fully saturated rings. The lowest BCUT2D eigenvalue weighted by Crippen LogP contribution is -2.16. The van der Waals surface area contributed by atoms with Gasteiger partial charge in [0.2, 0.25) is 0 Å². The molecule has 106 valence electrons. The summed E-state index contributed by atoms with van der Waals surface area (Å²) in [7, 11) is 1.69. The van der Waals surface area contributed by atoms with E-state index in [9.17, 15) is 0 Å². The lowest BCUT2D eigenvalue weighted by Gasteiger charge is -2.05. The van der Waals surface area contributed by atoms with Crippen LogP contribution in [-0.2, 0) is 6.42 Å². The van der Waals surface area contributed by atoms with Crippen molar-refractivity contribution in [1.82, 2.24) is 10.3 Å². The van der Waals surface area contributed by atoms with E-state index in [4.69, 9.17) is 4.74 Å². The van der Waals surface area contributed by atoms with Crippen LogP contribution < -0.4 is 10.1 Å². The van der Waals surface area contributed by atoms with Crippen molar-refractivity contribution < 1.29 is 4.74 Å². The van der Waals surface area contributed by atoms with Crippen molar-refractivity contribution in [3.8, 4) is 17.0 Å². The summed E-state index contributed by atoms with van der Waals surface area (Å²) in [4.78, 5) is 4.69. The average molecular weight is 288 g/mol. The largest absolute Gasteiger partial charge is 0.496 e. The van der Waals surface area contributed by atoms with E-state index in [-0.39, 0.29) is 0 Å². The smallest absolute Gasteiger partial charge is 0.121 e. The molecule has 0 aliphatic carbocycles. The lowest BCUT2D eigenvalue weighted by molar-refractivity contribution is 0.412. The second-order valence-corrected chi connectivity index (χ2v) is 5.50. The molecule has 0 aliphatic rings. The van der Waals surface area contributed by atoms with Crippen molar-refractivity contribution in [2.45, 2.75) is 13.3 Å². The summed E-state index contributed by atoms with van der Waals surface area (Å²) in [5.74, 6) is 0.915. The number of nitrogens with one attached hydrogen (secondary N) is 1. The maximum absolute atomic E-state index is 5.28. The number of thiazole rings is 1. The number of methoxy groups -OCH3 is 1. The number of ether oxygens (including phenoxy) is 1. The zero-order valence-electron chi connectivity index (χ0n) is 12.0. The van der Waals surface area contributed by atoms with E-state index in [1.807, 2.05) is 12.1 Å². The lowest BCUT2D eigenvalue weighted by atomic mass is 10.1. The number of aryl methyl sites for hydroxylation is 1. The molecule has 2 rings (SSSR count). The molecule has 0 saturated carbocycles. The van der Waals surface area contributed by atoms with Crippen LogP contribution in [0.5, 0.6) is 5.75 Å². The third-order valence-electron chi connectivity index (χ3n) is 3.05. The Morgan fingerprint density at radius 1 is 1.45 bits per heavy atom. The third-order valence-corrected chi connectivity index (χ3v) is 3.96. The van der Waals surface area contributed by atoms with Crippen molar-refractivity contribution in [1.29, 1.82) is 0 Å². The highest BCUT2D eigenvalue weighted by molar-refractivity contribution is 7.09. The molecule has 20 heavy (non-hydrogen) atoms. The van der Waals surface area contributed by atoms with Gasteiger partial charge in [0.25, 0.3) is 0 Å². The number of rotatable bonds is 7. The highest BCUT2D eigenvalue weighted by atomic mass is 32.1. The normalized spacial score (nSPS) is 10.5. The van der Waals surface area contributed by atoms with E-state index in [0.29, 0.717) is 0 Å². The Morgan fingerprint density at radius 3 is 3.00 bits per heavy atom. The zero-order valence-corrected chi connectivity index (χ0v) is 12.8. The zero-order chi connectivity index (χ0) is 14.4. The summed E-state index contributed by atoms with van der Waals surface area (Å²) in [5.41, 5.74) is 3.32. The van der Waals surface area contributed by atoms with Gasteiger partial charge >= 0.3 is 0 Å². The summed E-state index contributed by atoms with van der Waals surface area (Å²) in [6, 6.07) is 6.17. The number of benzene rings is 1. The molecule has 1 heterocycles. The number of aromatic nitrogens is 1. The summed E-state index contributed by atoms with van der Waals surface area (Å²) in [5, 5.41) is 6.56. The Labute approximate surface area is 124 Å². The van der Waals surface area contributed by atoms with Crippen molar-refractivity contribution in [3.05, 3.63) is 46.8 Å². The van der Waals surface area contributed by atoms with Gasteiger partial charge in [-0.2, -0.15) is 0 Å². The molecule has 0 amide bonds. The predicted molar refractivity (Wildman–Crippen MR) is 85.6 cm³/mol. The molecular formula is C16H20N2OS. The monoisotopic (exact) mass is 288 g/mol. The van der Waals surface area contributed by atoms with Gasteiger partial charge in [-0.15, -0.1) is 17.9 Å². The fourth-order valence-electron chi connectivity index (χ4n) is 2.00. The molecular weight excluding hydrogens is 268 g/mol. The summed E-state index contributed by atoms with van der Waals surface area (Å²) in [6.45, 7) is 7.51. The van der Waals surface area contributed by atoms with Gasteiger partial charge in [0.05, 0.1) is 17.8 Å². The van der Waals surface area contributed by atoms with Gasteiger partial charge < -0.3 is 10.1 Å². The minimum Gasteiger partial charge on any atom is -0.496 e. The Bertz CT molecular complexity index is 578. The molecule has 4 heteroatoms. The van der Waals surface area contributed by atoms with Crippen LogP contribution >= 0.6 is 11.3 Å². The van der Waals surface area contributed by atoms with E-state index in [1.165, 1.54) is 0 Å². The first kappa shape index (κ1) is 14.8. The molecule has 3 nitrogen and oxygen atoms in total. The van der Waals surface area contributed by atoms with Crippen LogP contribution in [0.1, 0.15) is 10.6 Å². The van der Waals surface area contributed by atoms with E-state index >= 15 is 0 Å². The quantitative estimate of drug-likeness (QED) is 0.626. The molecule has 1 aromatic carbocycles. The van der Waals surface area contributed by atoms with Gasteiger partial charge in [-0.25, -0.2) is 4.98 Å². The molecule has 0 atom stereocenters. The highest BCUT2D eigenvalue weighted by Crippen LogP contribution is 2.27. The topological polar surface area (TPSA) is 34.2 Å². The molecule has 1 aromatic heterocycles. The summed E-state index contributed by atoms with van der Waals surface area (Å²) < 4.78 is 5.28. The molecule has 0 unspecified atom stereocenters. The standard InChI is InChI=1S/C16H20N2OS/c1-4-8-17-9-7-16-18-14(11-20-16)13-5-6-15(19-3)12(2)10-13/h4-6,10-11,17H,1,7-9H2,2-3H3. The van der Waals surface area contributed by atoms with Crippen LogP contribution in [0.15, 0.2) is 36.2 Å². The molecule has 0 spiro atoms. The van der Waals surface area contributed by atoms with E-state index in [1.54, 1.807) is 18.4 Å². The number of hydrogen-bond acceptors (Lipinski definition) is 4. The molecule has 1 N–H and O–H groups in total. The Kier molecular flexibility index (Phi) is 5.32. The first-order valence-electron chi connectivity index (χ1n) is 6.65. The molecule has 0 saturated heterocycles. The Balaban J connectivity index is 2.04. The Morgan fingerprint density at radius 2 is 2.30 bits per heavy atom. The molecule has 0 radical (unpaired) electrons. The summed E-state index contributed by atoms with van der Waals surface area (Å²) >= 11 is 1.71. The van der Waals surface area contributed by atoms with Crippen LogP contribution in [0.25, 0.3) is 11.3 Å². The predicted octanol–water partition coefficient (Wildman–Crippen LogP) is 3.45. The fraction of sp³-hybridized carbons (Fsp3) is 0.312. The van der Waals surface area contributed by atoms with Crippen LogP contribution in [0, 0.1) is 6.92 Å². The Hall–Kier alpha value is -1.65. The third kappa shape index (κ3) is 3.68.